The van der Waals surface area contributed by atoms with Crippen LogP contribution in [-0.2, 0) is 4.74 Å². The highest BCUT2D eigenvalue weighted by Gasteiger charge is 2.26. The number of allylic oxidation sites excluding steroid dienone is 1. The van der Waals surface area contributed by atoms with E-state index in [0.717, 1.165) is 17.7 Å². The number of nitrogens with zero attached hydrogens (tertiary/aromatic N) is 1. The summed E-state index contributed by atoms with van der Waals surface area (Å²) >= 11 is 0. The van der Waals surface area contributed by atoms with Crippen molar-refractivity contribution in [1.29, 1.82) is 0 Å². The van der Waals surface area contributed by atoms with Crippen molar-refractivity contribution in [3.8, 4) is 0 Å². The molecule has 0 bridgehead atoms. The minimum Gasteiger partial charge on any atom is -0.443 e. The van der Waals surface area contributed by atoms with Gasteiger partial charge < -0.3 is 15.8 Å². The number of nitrogens with two attached hydrogens (primary N) is 1. The molecule has 108 valence electrons. The summed E-state index contributed by atoms with van der Waals surface area (Å²) in [6, 6.07) is -0.517. The molecule has 0 unspecified atom stereocenters. The zero-order chi connectivity index (χ0) is 14.5. The van der Waals surface area contributed by atoms with Crippen molar-refractivity contribution in [3.05, 3.63) is 12.3 Å². The number of hydrogen-bond donors (Lipinski definition) is 2. The van der Waals surface area contributed by atoms with Crippen molar-refractivity contribution >= 4 is 12.1 Å². The third-order valence-electron chi connectivity index (χ3n) is 2.41. The summed E-state index contributed by atoms with van der Waals surface area (Å²) in [6.07, 6.45) is 5.13. The average molecular weight is 269 g/mol. The van der Waals surface area contributed by atoms with Crippen LogP contribution in [0.2, 0.25) is 0 Å². The summed E-state index contributed by atoms with van der Waals surface area (Å²) in [5.74, 6) is 0.560. The second-order valence-electron chi connectivity index (χ2n) is 5.57. The molecule has 0 aromatic rings. The molecule has 0 aromatic carbocycles. The van der Waals surface area contributed by atoms with Crippen LogP contribution in [0.4, 0.5) is 9.59 Å². The number of ether oxygens (including phenoxy) is 1. The Labute approximate surface area is 114 Å². The lowest BCUT2D eigenvalue weighted by molar-refractivity contribution is 0.0328. The van der Waals surface area contributed by atoms with Gasteiger partial charge in [0.25, 0.3) is 0 Å². The predicted molar refractivity (Wildman–Crippen MR) is 72.4 cm³/mol. The van der Waals surface area contributed by atoms with E-state index in [1.165, 1.54) is 0 Å². The molecule has 6 nitrogen and oxygen atoms in total. The Balaban J connectivity index is 2.53. The Morgan fingerprint density at radius 3 is 2.53 bits per heavy atom. The van der Waals surface area contributed by atoms with Crippen LogP contribution < -0.4 is 11.1 Å². The van der Waals surface area contributed by atoms with Gasteiger partial charge in [0.05, 0.1) is 0 Å². The standard InChI is InChI=1S/C13H23N3O3/c1-13(2,3)19-12(18)16(9-7-14)11(17)15-8-6-10-4-5-10/h6,8,10H,4-5,7,9,14H2,1-3H3,(H,15,17)/b8-6+. The van der Waals surface area contributed by atoms with Crippen LogP contribution in [0.15, 0.2) is 12.3 Å². The quantitative estimate of drug-likeness (QED) is 0.815. The molecule has 6 heteroatoms. The first-order chi connectivity index (χ1) is 8.83. The molecule has 1 saturated carbocycles. The van der Waals surface area contributed by atoms with Gasteiger partial charge in [-0.05, 0) is 39.5 Å². The lowest BCUT2D eigenvalue weighted by atomic mass is 10.2. The molecule has 19 heavy (non-hydrogen) atoms. The summed E-state index contributed by atoms with van der Waals surface area (Å²) < 4.78 is 5.16. The van der Waals surface area contributed by atoms with Crippen LogP contribution in [0.5, 0.6) is 0 Å². The fourth-order valence-electron chi connectivity index (χ4n) is 1.34. The SMILES string of the molecule is CC(C)(C)OC(=O)N(CCN)C(=O)N/C=C/C1CC1. The van der Waals surface area contributed by atoms with Crippen LogP contribution in [0, 0.1) is 5.92 Å². The number of amides is 3. The fraction of sp³-hybridized carbons (Fsp3) is 0.692. The van der Waals surface area contributed by atoms with E-state index >= 15 is 0 Å². The highest BCUT2D eigenvalue weighted by Crippen LogP contribution is 2.29. The maximum absolute atomic E-state index is 11.9. The highest BCUT2D eigenvalue weighted by atomic mass is 16.6. The van der Waals surface area contributed by atoms with Gasteiger partial charge in [-0.3, -0.25) is 0 Å². The monoisotopic (exact) mass is 269 g/mol. The Hall–Kier alpha value is -1.56. The molecule has 0 saturated heterocycles. The first-order valence-electron chi connectivity index (χ1n) is 6.51. The molecule has 0 radical (unpaired) electrons. The molecule has 0 spiro atoms. The molecule has 1 aliphatic rings. The predicted octanol–water partition coefficient (Wildman–Crippen LogP) is 1.82. The summed E-state index contributed by atoms with van der Waals surface area (Å²) in [5, 5.41) is 2.56. The Bertz CT molecular complexity index is 357. The van der Waals surface area contributed by atoms with Gasteiger partial charge in [0.1, 0.15) is 5.60 Å². The van der Waals surface area contributed by atoms with Gasteiger partial charge in [0.2, 0.25) is 0 Å². The number of hydrogen-bond acceptors (Lipinski definition) is 4. The van der Waals surface area contributed by atoms with Gasteiger partial charge in [-0.15, -0.1) is 0 Å². The molecule has 0 aromatic heterocycles. The van der Waals surface area contributed by atoms with Gasteiger partial charge in [0, 0.05) is 19.3 Å². The van der Waals surface area contributed by atoms with E-state index in [4.69, 9.17) is 10.5 Å². The van der Waals surface area contributed by atoms with Crippen molar-refractivity contribution in [1.82, 2.24) is 10.2 Å². The number of imide groups is 1. The lowest BCUT2D eigenvalue weighted by Gasteiger charge is -2.25. The molecule has 0 aliphatic heterocycles. The molecular weight excluding hydrogens is 246 g/mol. The Morgan fingerprint density at radius 2 is 2.05 bits per heavy atom. The lowest BCUT2D eigenvalue weighted by Crippen LogP contribution is -2.46. The van der Waals surface area contributed by atoms with Crippen LogP contribution in [0.3, 0.4) is 0 Å². The van der Waals surface area contributed by atoms with Gasteiger partial charge in [-0.2, -0.15) is 0 Å². The largest absolute Gasteiger partial charge is 0.443 e. The van der Waals surface area contributed by atoms with Crippen molar-refractivity contribution in [2.75, 3.05) is 13.1 Å². The summed E-state index contributed by atoms with van der Waals surface area (Å²) in [4.78, 5) is 24.7. The summed E-state index contributed by atoms with van der Waals surface area (Å²) in [6.45, 7) is 5.56. The fourth-order valence-corrected chi connectivity index (χ4v) is 1.34. The molecule has 0 atom stereocenters. The second kappa shape index (κ2) is 6.56. The summed E-state index contributed by atoms with van der Waals surface area (Å²) in [7, 11) is 0. The third-order valence-corrected chi connectivity index (χ3v) is 2.41. The third kappa shape index (κ3) is 6.24. The van der Waals surface area contributed by atoms with Crippen molar-refractivity contribution in [2.45, 2.75) is 39.2 Å². The van der Waals surface area contributed by atoms with E-state index in [-0.39, 0.29) is 13.1 Å². The topological polar surface area (TPSA) is 84.7 Å². The average Bonchev–Trinajstić information content (AvgIpc) is 3.07. The smallest absolute Gasteiger partial charge is 0.418 e. The zero-order valence-electron chi connectivity index (χ0n) is 11.8. The molecule has 1 fully saturated rings. The Morgan fingerprint density at radius 1 is 1.42 bits per heavy atom. The van der Waals surface area contributed by atoms with E-state index < -0.39 is 17.7 Å². The van der Waals surface area contributed by atoms with E-state index in [1.54, 1.807) is 27.0 Å². The highest BCUT2D eigenvalue weighted by molar-refractivity contribution is 5.91. The second-order valence-corrected chi connectivity index (χ2v) is 5.57. The van der Waals surface area contributed by atoms with Crippen molar-refractivity contribution in [3.63, 3.8) is 0 Å². The number of carbonyl (C=O) groups excluding carboxylic acids is 2. The van der Waals surface area contributed by atoms with Gasteiger partial charge in [0.15, 0.2) is 0 Å². The van der Waals surface area contributed by atoms with Crippen LogP contribution in [0.1, 0.15) is 33.6 Å². The molecule has 1 aliphatic carbocycles. The molecule has 1 rings (SSSR count). The van der Waals surface area contributed by atoms with Gasteiger partial charge in [-0.25, -0.2) is 14.5 Å². The van der Waals surface area contributed by atoms with Crippen LogP contribution in [-0.4, -0.2) is 35.7 Å². The first kappa shape index (κ1) is 15.5. The molecular formula is C13H23N3O3. The number of urea groups is 1. The van der Waals surface area contributed by atoms with E-state index in [0.29, 0.717) is 5.92 Å². The zero-order valence-corrected chi connectivity index (χ0v) is 11.8. The minimum absolute atomic E-state index is 0.123. The van der Waals surface area contributed by atoms with E-state index in [1.807, 2.05) is 6.08 Å². The van der Waals surface area contributed by atoms with Crippen LogP contribution >= 0.6 is 0 Å². The number of rotatable bonds is 4. The normalized spacial score (nSPS) is 15.4. The molecule has 3 amide bonds. The number of carbonyl (C=O) groups is 2. The van der Waals surface area contributed by atoms with E-state index in [9.17, 15) is 9.59 Å². The van der Waals surface area contributed by atoms with Crippen molar-refractivity contribution in [2.24, 2.45) is 11.7 Å². The molecule has 0 heterocycles. The Kier molecular flexibility index (Phi) is 5.35. The maximum Gasteiger partial charge on any atom is 0.418 e. The van der Waals surface area contributed by atoms with Crippen LogP contribution in [0.25, 0.3) is 0 Å². The number of nitrogens with one attached hydrogen (secondary N) is 1. The van der Waals surface area contributed by atoms with Crippen molar-refractivity contribution < 1.29 is 14.3 Å². The summed E-state index contributed by atoms with van der Waals surface area (Å²) in [5.41, 5.74) is 4.76. The van der Waals surface area contributed by atoms with Gasteiger partial charge >= 0.3 is 12.1 Å². The van der Waals surface area contributed by atoms with Gasteiger partial charge in [-0.1, -0.05) is 6.08 Å². The first-order valence-corrected chi connectivity index (χ1v) is 6.51. The van der Waals surface area contributed by atoms with E-state index in [2.05, 4.69) is 5.32 Å². The maximum atomic E-state index is 11.9. The molecule has 3 N–H and O–H groups in total. The minimum atomic E-state index is -0.685.